The van der Waals surface area contributed by atoms with Gasteiger partial charge in [-0.15, -0.1) is 0 Å². The Morgan fingerprint density at radius 2 is 2.10 bits per heavy atom. The highest BCUT2D eigenvalue weighted by molar-refractivity contribution is 5.88. The van der Waals surface area contributed by atoms with E-state index in [-0.39, 0.29) is 12.1 Å². The van der Waals surface area contributed by atoms with Crippen LogP contribution in [0.15, 0.2) is 42.9 Å². The van der Waals surface area contributed by atoms with Gasteiger partial charge in [-0.1, -0.05) is 6.07 Å². The minimum atomic E-state index is -0.0920. The highest BCUT2D eigenvalue weighted by Crippen LogP contribution is 2.31. The Morgan fingerprint density at radius 3 is 2.81 bits per heavy atom. The number of nitrogens with one attached hydrogen (secondary N) is 1. The number of pyridine rings is 2. The van der Waals surface area contributed by atoms with Crippen molar-refractivity contribution in [3.05, 3.63) is 54.0 Å². The molecule has 2 aromatic heterocycles. The second kappa shape index (κ2) is 5.91. The van der Waals surface area contributed by atoms with Crippen LogP contribution in [0, 0.1) is 6.92 Å². The fraction of sp³-hybridized carbons (Fsp3) is 0.312. The summed E-state index contributed by atoms with van der Waals surface area (Å²) in [7, 11) is 0. The average Bonchev–Trinajstić information content (AvgIpc) is 3.00. The minimum Gasteiger partial charge on any atom is -0.317 e. The van der Waals surface area contributed by atoms with E-state index in [1.807, 2.05) is 36.1 Å². The van der Waals surface area contributed by atoms with E-state index < -0.39 is 0 Å². The first-order chi connectivity index (χ1) is 10.2. The third kappa shape index (κ3) is 3.02. The van der Waals surface area contributed by atoms with Crippen molar-refractivity contribution >= 4 is 11.8 Å². The van der Waals surface area contributed by atoms with Crippen LogP contribution in [0.3, 0.4) is 0 Å². The van der Waals surface area contributed by atoms with Crippen LogP contribution in [-0.4, -0.2) is 27.4 Å². The zero-order chi connectivity index (χ0) is 14.7. The quantitative estimate of drug-likeness (QED) is 0.920. The summed E-state index contributed by atoms with van der Waals surface area (Å²) in [5.41, 5.74) is 2.21. The third-order valence-corrected chi connectivity index (χ3v) is 3.75. The number of nitrogens with zero attached hydrogens (tertiary/aromatic N) is 3. The van der Waals surface area contributed by atoms with Crippen molar-refractivity contribution in [1.29, 1.82) is 0 Å². The molecule has 2 amide bonds. The van der Waals surface area contributed by atoms with Gasteiger partial charge in [0.25, 0.3) is 0 Å². The van der Waals surface area contributed by atoms with Gasteiger partial charge in [0.1, 0.15) is 5.82 Å². The first kappa shape index (κ1) is 13.5. The van der Waals surface area contributed by atoms with Gasteiger partial charge in [-0.25, -0.2) is 9.78 Å². The van der Waals surface area contributed by atoms with E-state index in [2.05, 4.69) is 15.3 Å². The average molecular weight is 282 g/mol. The Hall–Kier alpha value is -2.43. The summed E-state index contributed by atoms with van der Waals surface area (Å²) in [5, 5.41) is 2.87. The summed E-state index contributed by atoms with van der Waals surface area (Å²) in [6.45, 7) is 2.74. The lowest BCUT2D eigenvalue weighted by Crippen LogP contribution is -2.34. The second-order valence-corrected chi connectivity index (χ2v) is 5.28. The second-order valence-electron chi connectivity index (χ2n) is 5.28. The summed E-state index contributed by atoms with van der Waals surface area (Å²) in [6.07, 6.45) is 7.29. The van der Waals surface area contributed by atoms with Gasteiger partial charge >= 0.3 is 6.03 Å². The van der Waals surface area contributed by atoms with Gasteiger partial charge in [0, 0.05) is 25.1 Å². The number of hydrogen-bond donors (Lipinski definition) is 1. The maximum Gasteiger partial charge on any atom is 0.323 e. The van der Waals surface area contributed by atoms with Crippen LogP contribution in [0.4, 0.5) is 10.6 Å². The summed E-state index contributed by atoms with van der Waals surface area (Å²) in [6, 6.07) is 7.74. The van der Waals surface area contributed by atoms with E-state index in [1.165, 1.54) is 0 Å². The van der Waals surface area contributed by atoms with Gasteiger partial charge < -0.3 is 4.90 Å². The largest absolute Gasteiger partial charge is 0.323 e. The Bertz CT molecular complexity index is 612. The van der Waals surface area contributed by atoms with Gasteiger partial charge in [-0.2, -0.15) is 0 Å². The van der Waals surface area contributed by atoms with Crippen molar-refractivity contribution < 1.29 is 4.79 Å². The highest BCUT2D eigenvalue weighted by Gasteiger charge is 2.30. The van der Waals surface area contributed by atoms with Crippen molar-refractivity contribution in [2.24, 2.45) is 0 Å². The molecule has 1 aliphatic rings. The molecule has 1 atom stereocenters. The predicted octanol–water partition coefficient (Wildman–Crippen LogP) is 3.15. The van der Waals surface area contributed by atoms with Gasteiger partial charge in [-0.3, -0.25) is 10.3 Å². The van der Waals surface area contributed by atoms with Crippen LogP contribution in [0.2, 0.25) is 0 Å². The van der Waals surface area contributed by atoms with Gasteiger partial charge in [0.05, 0.1) is 6.04 Å². The number of carbonyl (C=O) groups excluding carboxylic acids is 1. The van der Waals surface area contributed by atoms with E-state index in [9.17, 15) is 4.79 Å². The molecule has 2 aromatic rings. The van der Waals surface area contributed by atoms with E-state index >= 15 is 0 Å². The van der Waals surface area contributed by atoms with Crippen LogP contribution in [-0.2, 0) is 0 Å². The van der Waals surface area contributed by atoms with Crippen molar-refractivity contribution in [2.45, 2.75) is 25.8 Å². The van der Waals surface area contributed by atoms with Crippen LogP contribution in [0.25, 0.3) is 0 Å². The van der Waals surface area contributed by atoms with Crippen LogP contribution >= 0.6 is 0 Å². The molecule has 0 radical (unpaired) electrons. The number of hydrogen-bond acceptors (Lipinski definition) is 3. The molecule has 1 aliphatic heterocycles. The Kier molecular flexibility index (Phi) is 3.81. The van der Waals surface area contributed by atoms with E-state index in [1.54, 1.807) is 18.6 Å². The zero-order valence-electron chi connectivity index (χ0n) is 12.0. The van der Waals surface area contributed by atoms with Crippen LogP contribution in [0.1, 0.15) is 30.0 Å². The summed E-state index contributed by atoms with van der Waals surface area (Å²) >= 11 is 0. The normalized spacial score (nSPS) is 17.8. The van der Waals surface area contributed by atoms with Gasteiger partial charge in [-0.05, 0) is 49.1 Å². The fourth-order valence-electron chi connectivity index (χ4n) is 2.67. The highest BCUT2D eigenvalue weighted by atomic mass is 16.2. The number of amides is 2. The van der Waals surface area contributed by atoms with Gasteiger partial charge in [0.2, 0.25) is 0 Å². The van der Waals surface area contributed by atoms with Crippen LogP contribution < -0.4 is 5.32 Å². The van der Waals surface area contributed by atoms with Crippen molar-refractivity contribution in [2.75, 3.05) is 11.9 Å². The lowest BCUT2D eigenvalue weighted by molar-refractivity contribution is 0.207. The zero-order valence-corrected chi connectivity index (χ0v) is 12.0. The lowest BCUT2D eigenvalue weighted by atomic mass is 10.1. The summed E-state index contributed by atoms with van der Waals surface area (Å²) in [5.74, 6) is 0.589. The fourth-order valence-corrected chi connectivity index (χ4v) is 2.67. The number of urea groups is 1. The number of likely N-dealkylation sites (tertiary alicyclic amines) is 1. The number of aryl methyl sites for hydroxylation is 1. The van der Waals surface area contributed by atoms with Crippen molar-refractivity contribution in [3.8, 4) is 0 Å². The molecular weight excluding hydrogens is 264 g/mol. The Balaban J connectivity index is 1.73. The number of carbonyl (C=O) groups is 1. The Morgan fingerprint density at radius 1 is 1.29 bits per heavy atom. The maximum absolute atomic E-state index is 12.4. The third-order valence-electron chi connectivity index (χ3n) is 3.75. The molecule has 0 bridgehead atoms. The maximum atomic E-state index is 12.4. The Labute approximate surface area is 124 Å². The molecule has 0 aliphatic carbocycles. The molecule has 108 valence electrons. The molecule has 3 rings (SSSR count). The standard InChI is InChI=1S/C16H18N4O/c1-12-4-5-15(18-11-12)19-16(21)20-10-2-3-14(20)13-6-8-17-9-7-13/h4-9,11,14H,2-3,10H2,1H3,(H,18,19,21). The lowest BCUT2D eigenvalue weighted by Gasteiger charge is -2.25. The van der Waals surface area contributed by atoms with E-state index in [0.29, 0.717) is 5.82 Å². The molecule has 5 nitrogen and oxygen atoms in total. The molecule has 0 spiro atoms. The molecule has 0 aromatic carbocycles. The topological polar surface area (TPSA) is 58.1 Å². The van der Waals surface area contributed by atoms with E-state index in [0.717, 1.165) is 30.5 Å². The van der Waals surface area contributed by atoms with Gasteiger partial charge in [0.15, 0.2) is 0 Å². The van der Waals surface area contributed by atoms with Crippen LogP contribution in [0.5, 0.6) is 0 Å². The number of anilines is 1. The molecular formula is C16H18N4O. The smallest absolute Gasteiger partial charge is 0.317 e. The van der Waals surface area contributed by atoms with Crippen molar-refractivity contribution in [3.63, 3.8) is 0 Å². The molecule has 5 heteroatoms. The molecule has 0 saturated carbocycles. The van der Waals surface area contributed by atoms with E-state index in [4.69, 9.17) is 0 Å². The monoisotopic (exact) mass is 282 g/mol. The molecule has 3 heterocycles. The van der Waals surface area contributed by atoms with Crippen molar-refractivity contribution in [1.82, 2.24) is 14.9 Å². The molecule has 1 fully saturated rings. The SMILES string of the molecule is Cc1ccc(NC(=O)N2CCCC2c2ccncc2)nc1. The molecule has 21 heavy (non-hydrogen) atoms. The minimum absolute atomic E-state index is 0.0920. The number of aromatic nitrogens is 2. The first-order valence-corrected chi connectivity index (χ1v) is 7.14. The number of rotatable bonds is 2. The predicted molar refractivity (Wildman–Crippen MR) is 80.9 cm³/mol. The molecule has 1 N–H and O–H groups in total. The molecule has 1 saturated heterocycles. The molecule has 1 unspecified atom stereocenters. The summed E-state index contributed by atoms with van der Waals surface area (Å²) < 4.78 is 0. The summed E-state index contributed by atoms with van der Waals surface area (Å²) in [4.78, 5) is 22.6. The first-order valence-electron chi connectivity index (χ1n) is 7.14.